The van der Waals surface area contributed by atoms with Gasteiger partial charge in [-0.2, -0.15) is 4.89 Å². The molecule has 7 nitrogen and oxygen atoms in total. The van der Waals surface area contributed by atoms with Gasteiger partial charge in [-0.3, -0.25) is 14.5 Å². The second-order valence-corrected chi connectivity index (χ2v) is 5.60. The first-order valence-electron chi connectivity index (χ1n) is 6.79. The van der Waals surface area contributed by atoms with Crippen molar-refractivity contribution in [3.05, 3.63) is 0 Å². The van der Waals surface area contributed by atoms with Crippen molar-refractivity contribution in [3.8, 4) is 0 Å². The van der Waals surface area contributed by atoms with Crippen LogP contribution >= 0.6 is 0 Å². The molecule has 0 radical (unpaired) electrons. The molecule has 0 rings (SSSR count). The molecule has 122 valence electrons. The van der Waals surface area contributed by atoms with Crippen LogP contribution in [-0.2, 0) is 33.6 Å². The van der Waals surface area contributed by atoms with Crippen LogP contribution in [0.15, 0.2) is 0 Å². The SMILES string of the molecule is CCOC(=O)C(C)(CC(=O)OOC(C)(C)C)C(=O)OCC. The second-order valence-electron chi connectivity index (χ2n) is 5.60. The fourth-order valence-corrected chi connectivity index (χ4v) is 1.30. The predicted molar refractivity (Wildman–Crippen MR) is 72.9 cm³/mol. The number of carbonyl (C=O) groups is 3. The Morgan fingerprint density at radius 2 is 1.29 bits per heavy atom. The minimum absolute atomic E-state index is 0.0847. The summed E-state index contributed by atoms with van der Waals surface area (Å²) in [6.45, 7) is 9.72. The molecule has 0 bridgehead atoms. The molecule has 0 saturated carbocycles. The summed E-state index contributed by atoms with van der Waals surface area (Å²) in [5.41, 5.74) is -2.45. The summed E-state index contributed by atoms with van der Waals surface area (Å²) in [5, 5.41) is 0. The summed E-state index contributed by atoms with van der Waals surface area (Å²) < 4.78 is 9.66. The van der Waals surface area contributed by atoms with Crippen molar-refractivity contribution in [2.75, 3.05) is 13.2 Å². The van der Waals surface area contributed by atoms with Gasteiger partial charge in [0.05, 0.1) is 19.6 Å². The normalized spacial score (nSPS) is 11.7. The maximum absolute atomic E-state index is 11.9. The molecule has 0 N–H and O–H groups in total. The molecule has 0 spiro atoms. The third kappa shape index (κ3) is 6.57. The Morgan fingerprint density at radius 3 is 1.62 bits per heavy atom. The lowest BCUT2D eigenvalue weighted by Crippen LogP contribution is -2.42. The molecule has 7 heteroatoms. The van der Waals surface area contributed by atoms with Crippen molar-refractivity contribution in [2.45, 2.75) is 53.6 Å². The van der Waals surface area contributed by atoms with E-state index < -0.39 is 35.3 Å². The Bertz CT molecular complexity index is 363. The van der Waals surface area contributed by atoms with E-state index in [1.165, 1.54) is 6.92 Å². The highest BCUT2D eigenvalue weighted by atomic mass is 17.2. The monoisotopic (exact) mass is 304 g/mol. The molecule has 0 aromatic heterocycles. The molecule has 21 heavy (non-hydrogen) atoms. The smallest absolute Gasteiger partial charge is 0.344 e. The molecule has 0 unspecified atom stereocenters. The van der Waals surface area contributed by atoms with Crippen molar-refractivity contribution < 1.29 is 33.6 Å². The number of ether oxygens (including phenoxy) is 2. The van der Waals surface area contributed by atoms with E-state index in [0.717, 1.165) is 0 Å². The number of carbonyl (C=O) groups excluding carboxylic acids is 3. The molecule has 0 aliphatic carbocycles. The van der Waals surface area contributed by atoms with E-state index in [1.54, 1.807) is 34.6 Å². The second kappa shape index (κ2) is 7.97. The van der Waals surface area contributed by atoms with Crippen LogP contribution < -0.4 is 0 Å². The van der Waals surface area contributed by atoms with Crippen LogP contribution in [0.3, 0.4) is 0 Å². The summed E-state index contributed by atoms with van der Waals surface area (Å²) >= 11 is 0. The molecule has 0 fully saturated rings. The van der Waals surface area contributed by atoms with Gasteiger partial charge in [-0.25, -0.2) is 4.79 Å². The lowest BCUT2D eigenvalue weighted by atomic mass is 9.87. The van der Waals surface area contributed by atoms with Crippen molar-refractivity contribution in [3.63, 3.8) is 0 Å². The van der Waals surface area contributed by atoms with Gasteiger partial charge in [0.15, 0.2) is 5.41 Å². The van der Waals surface area contributed by atoms with Gasteiger partial charge in [-0.05, 0) is 41.5 Å². The van der Waals surface area contributed by atoms with Gasteiger partial charge < -0.3 is 9.47 Å². The van der Waals surface area contributed by atoms with E-state index in [4.69, 9.17) is 14.4 Å². The largest absolute Gasteiger partial charge is 0.465 e. The standard InChI is InChI=1S/C14H24O7/c1-7-18-11(16)14(6,12(17)19-8-2)9-10(15)20-21-13(3,4)5/h7-9H2,1-6H3. The molecule has 0 atom stereocenters. The fraction of sp³-hybridized carbons (Fsp3) is 0.786. The summed E-state index contributed by atoms with van der Waals surface area (Å²) in [6.07, 6.45) is -0.527. The number of esters is 2. The number of hydrogen-bond donors (Lipinski definition) is 0. The number of hydrogen-bond acceptors (Lipinski definition) is 7. The molecule has 0 aliphatic rings. The van der Waals surface area contributed by atoms with E-state index >= 15 is 0 Å². The van der Waals surface area contributed by atoms with Crippen molar-refractivity contribution >= 4 is 17.9 Å². The van der Waals surface area contributed by atoms with Gasteiger partial charge in [0, 0.05) is 0 Å². The first-order chi connectivity index (χ1) is 9.56. The lowest BCUT2D eigenvalue weighted by molar-refractivity contribution is -0.321. The minimum atomic E-state index is -1.76. The molecule has 0 amide bonds. The quantitative estimate of drug-likeness (QED) is 0.306. The van der Waals surface area contributed by atoms with Crippen molar-refractivity contribution in [2.24, 2.45) is 5.41 Å². The van der Waals surface area contributed by atoms with Crippen molar-refractivity contribution in [1.29, 1.82) is 0 Å². The first-order valence-corrected chi connectivity index (χ1v) is 6.79. The Morgan fingerprint density at radius 1 is 0.857 bits per heavy atom. The van der Waals surface area contributed by atoms with Crippen LogP contribution in [0.2, 0.25) is 0 Å². The number of rotatable bonds is 7. The molecule has 0 heterocycles. The molecular weight excluding hydrogens is 280 g/mol. The highest BCUT2D eigenvalue weighted by Gasteiger charge is 2.47. The van der Waals surface area contributed by atoms with Gasteiger partial charge in [0.2, 0.25) is 0 Å². The van der Waals surface area contributed by atoms with Crippen LogP contribution in [0.1, 0.15) is 48.0 Å². The zero-order valence-corrected chi connectivity index (χ0v) is 13.5. The Labute approximate surface area is 124 Å². The van der Waals surface area contributed by atoms with Crippen LogP contribution in [0.4, 0.5) is 0 Å². The highest BCUT2D eigenvalue weighted by Crippen LogP contribution is 2.27. The van der Waals surface area contributed by atoms with E-state index in [-0.39, 0.29) is 13.2 Å². The van der Waals surface area contributed by atoms with Crippen LogP contribution in [0.25, 0.3) is 0 Å². The summed E-state index contributed by atoms with van der Waals surface area (Å²) in [6, 6.07) is 0. The zero-order valence-electron chi connectivity index (χ0n) is 13.5. The van der Waals surface area contributed by atoms with Crippen LogP contribution in [-0.4, -0.2) is 36.7 Å². The van der Waals surface area contributed by atoms with E-state index in [0.29, 0.717) is 0 Å². The molecule has 0 saturated heterocycles. The fourth-order valence-electron chi connectivity index (χ4n) is 1.30. The van der Waals surface area contributed by atoms with Crippen LogP contribution in [0.5, 0.6) is 0 Å². The lowest BCUT2D eigenvalue weighted by Gasteiger charge is -2.24. The Hall–Kier alpha value is -1.63. The van der Waals surface area contributed by atoms with Crippen molar-refractivity contribution in [1.82, 2.24) is 0 Å². The third-order valence-corrected chi connectivity index (χ3v) is 2.33. The molecule has 0 aromatic carbocycles. The van der Waals surface area contributed by atoms with E-state index in [9.17, 15) is 14.4 Å². The minimum Gasteiger partial charge on any atom is -0.465 e. The van der Waals surface area contributed by atoms with E-state index in [1.807, 2.05) is 0 Å². The maximum atomic E-state index is 11.9. The average molecular weight is 304 g/mol. The van der Waals surface area contributed by atoms with Crippen LogP contribution in [0, 0.1) is 5.41 Å². The topological polar surface area (TPSA) is 88.1 Å². The molecule has 0 aromatic rings. The van der Waals surface area contributed by atoms with Gasteiger partial charge in [0.1, 0.15) is 5.60 Å². The zero-order chi connectivity index (χ0) is 16.7. The average Bonchev–Trinajstić information content (AvgIpc) is 2.36. The van der Waals surface area contributed by atoms with Gasteiger partial charge in [-0.1, -0.05) is 0 Å². The van der Waals surface area contributed by atoms with Gasteiger partial charge in [0.25, 0.3) is 0 Å². The van der Waals surface area contributed by atoms with Gasteiger partial charge in [-0.15, -0.1) is 0 Å². The Balaban J connectivity index is 4.94. The first kappa shape index (κ1) is 19.4. The predicted octanol–water partition coefficient (Wildman–Crippen LogP) is 1.78. The summed E-state index contributed by atoms with van der Waals surface area (Å²) in [5.74, 6) is -2.53. The summed E-state index contributed by atoms with van der Waals surface area (Å²) in [7, 11) is 0. The summed E-state index contributed by atoms with van der Waals surface area (Å²) in [4.78, 5) is 45.1. The molecule has 0 aliphatic heterocycles. The maximum Gasteiger partial charge on any atom is 0.344 e. The highest BCUT2D eigenvalue weighted by molar-refractivity contribution is 6.02. The Kier molecular flexibility index (Phi) is 7.35. The van der Waals surface area contributed by atoms with E-state index in [2.05, 4.69) is 4.89 Å². The third-order valence-electron chi connectivity index (χ3n) is 2.33. The van der Waals surface area contributed by atoms with Gasteiger partial charge >= 0.3 is 17.9 Å². The molecular formula is C14H24O7.